The van der Waals surface area contributed by atoms with Crippen LogP contribution in [0.15, 0.2) is 60.0 Å². The molecule has 0 aliphatic heterocycles. The summed E-state index contributed by atoms with van der Waals surface area (Å²) >= 11 is 0. The molecular formula is C14H13FN2O3S. The molecule has 0 aromatic heterocycles. The quantitative estimate of drug-likeness (QED) is 0.738. The first-order valence-corrected chi connectivity index (χ1v) is 7.39. The number of nitrogens with one attached hydrogen (secondary N) is 2. The fraction of sp³-hybridized carbons (Fsp3) is 0. The maximum absolute atomic E-state index is 13.1. The van der Waals surface area contributed by atoms with E-state index >= 15 is 0 Å². The van der Waals surface area contributed by atoms with Gasteiger partial charge in [0, 0.05) is 5.56 Å². The summed E-state index contributed by atoms with van der Waals surface area (Å²) in [7, 11) is -3.78. The minimum Gasteiger partial charge on any atom is -0.507 e. The number of phenols is 1. The monoisotopic (exact) mass is 308 g/mol. The van der Waals surface area contributed by atoms with Crippen LogP contribution in [0.1, 0.15) is 5.56 Å². The Bertz CT molecular complexity index is 761. The minimum atomic E-state index is -3.78. The maximum Gasteiger partial charge on any atom is 0.257 e. The molecule has 5 nitrogen and oxygen atoms in total. The average molecular weight is 308 g/mol. The number of aromatic hydroxyl groups is 1. The molecule has 2 rings (SSSR count). The largest absolute Gasteiger partial charge is 0.507 e. The maximum atomic E-state index is 13.1. The molecule has 0 unspecified atom stereocenters. The van der Waals surface area contributed by atoms with Gasteiger partial charge in [0.1, 0.15) is 11.6 Å². The van der Waals surface area contributed by atoms with Crippen LogP contribution < -0.4 is 10.3 Å². The summed E-state index contributed by atoms with van der Waals surface area (Å²) in [6.07, 6.45) is 0. The van der Waals surface area contributed by atoms with E-state index < -0.39 is 15.8 Å². The van der Waals surface area contributed by atoms with Crippen molar-refractivity contribution < 1.29 is 17.9 Å². The third-order valence-electron chi connectivity index (χ3n) is 2.67. The van der Waals surface area contributed by atoms with Gasteiger partial charge in [-0.25, -0.2) is 12.8 Å². The van der Waals surface area contributed by atoms with Gasteiger partial charge in [-0.2, -0.15) is 0 Å². The van der Waals surface area contributed by atoms with Gasteiger partial charge in [0.25, 0.3) is 10.0 Å². The number of benzene rings is 2. The molecule has 3 N–H and O–H groups in total. The number of halogens is 1. The zero-order chi connectivity index (χ0) is 15.5. The normalized spacial score (nSPS) is 11.1. The summed E-state index contributed by atoms with van der Waals surface area (Å²) in [5, 5.41) is 9.61. The molecule has 2 aromatic carbocycles. The summed E-state index contributed by atoms with van der Waals surface area (Å²) in [4.78, 5) is 2.17. The molecule has 7 heteroatoms. The number of hydrogen-bond acceptors (Lipinski definition) is 4. The summed E-state index contributed by atoms with van der Waals surface area (Å²) in [6.45, 7) is 3.56. The fourth-order valence-corrected chi connectivity index (χ4v) is 2.50. The number of hydrazine groups is 1. The van der Waals surface area contributed by atoms with Gasteiger partial charge in [0.15, 0.2) is 0 Å². The van der Waals surface area contributed by atoms with Crippen LogP contribution in [0.5, 0.6) is 5.75 Å². The second-order valence-corrected chi connectivity index (χ2v) is 5.87. The van der Waals surface area contributed by atoms with Crippen molar-refractivity contribution in [3.63, 3.8) is 0 Å². The van der Waals surface area contributed by atoms with Crippen LogP contribution in [0.2, 0.25) is 0 Å². The van der Waals surface area contributed by atoms with Gasteiger partial charge in [0.2, 0.25) is 0 Å². The van der Waals surface area contributed by atoms with E-state index in [2.05, 4.69) is 16.8 Å². The third kappa shape index (κ3) is 3.59. The van der Waals surface area contributed by atoms with Gasteiger partial charge in [0.05, 0.1) is 10.6 Å². The van der Waals surface area contributed by atoms with Crippen molar-refractivity contribution in [1.82, 2.24) is 10.3 Å². The van der Waals surface area contributed by atoms with Crippen LogP contribution in [-0.2, 0) is 10.0 Å². The third-order valence-corrected chi connectivity index (χ3v) is 3.94. The zero-order valence-electron chi connectivity index (χ0n) is 10.9. The Labute approximate surface area is 121 Å². The smallest absolute Gasteiger partial charge is 0.257 e. The molecule has 110 valence electrons. The van der Waals surface area contributed by atoms with Crippen LogP contribution in [0.3, 0.4) is 0 Å². The van der Waals surface area contributed by atoms with Gasteiger partial charge < -0.3 is 10.5 Å². The Balaban J connectivity index is 2.13. The zero-order valence-corrected chi connectivity index (χ0v) is 11.7. The highest BCUT2D eigenvalue weighted by Gasteiger charge is 2.14. The van der Waals surface area contributed by atoms with E-state index in [0.29, 0.717) is 0 Å². The highest BCUT2D eigenvalue weighted by molar-refractivity contribution is 7.89. The fourth-order valence-electron chi connectivity index (χ4n) is 1.60. The van der Waals surface area contributed by atoms with Crippen molar-refractivity contribution in [3.05, 3.63) is 66.5 Å². The first-order valence-electron chi connectivity index (χ1n) is 5.91. The average Bonchev–Trinajstić information content (AvgIpc) is 2.48. The first-order chi connectivity index (χ1) is 9.90. The van der Waals surface area contributed by atoms with Crippen LogP contribution in [0, 0.1) is 5.82 Å². The standard InChI is InChI=1S/C14H13FN2O3S/c1-10(13-9-11(15)7-8-14(13)18)16-17-21(19,20)12-5-3-2-4-6-12/h2-9,16-18H,1H2. The van der Waals surface area contributed by atoms with Crippen molar-refractivity contribution >= 4 is 15.7 Å². The molecule has 0 fully saturated rings. The van der Waals surface area contributed by atoms with Crippen molar-refractivity contribution in [2.45, 2.75) is 4.90 Å². The molecule has 0 aliphatic carbocycles. The summed E-state index contributed by atoms with van der Waals surface area (Å²) in [6, 6.07) is 11.0. The van der Waals surface area contributed by atoms with Gasteiger partial charge in [-0.1, -0.05) is 24.8 Å². The highest BCUT2D eigenvalue weighted by atomic mass is 32.2. The predicted molar refractivity (Wildman–Crippen MR) is 77.0 cm³/mol. The summed E-state index contributed by atoms with van der Waals surface area (Å²) in [5.74, 6) is -0.788. The van der Waals surface area contributed by atoms with Crippen LogP contribution in [-0.4, -0.2) is 13.5 Å². The topological polar surface area (TPSA) is 78.4 Å². The van der Waals surface area contributed by atoms with E-state index in [1.807, 2.05) is 0 Å². The molecule has 0 aliphatic rings. The number of hydrogen-bond donors (Lipinski definition) is 3. The molecule has 0 radical (unpaired) electrons. The van der Waals surface area contributed by atoms with Crippen LogP contribution in [0.4, 0.5) is 4.39 Å². The summed E-state index contributed by atoms with van der Waals surface area (Å²) in [5.41, 5.74) is 2.43. The van der Waals surface area contributed by atoms with E-state index in [0.717, 1.165) is 18.2 Å². The van der Waals surface area contributed by atoms with E-state index in [9.17, 15) is 17.9 Å². The lowest BCUT2D eigenvalue weighted by Crippen LogP contribution is -2.35. The van der Waals surface area contributed by atoms with E-state index in [4.69, 9.17) is 0 Å². The Hall–Kier alpha value is -2.38. The Morgan fingerprint density at radius 1 is 1.14 bits per heavy atom. The van der Waals surface area contributed by atoms with E-state index in [1.54, 1.807) is 18.2 Å². The van der Waals surface area contributed by atoms with E-state index in [-0.39, 0.29) is 21.9 Å². The van der Waals surface area contributed by atoms with Gasteiger partial charge in [-0.3, -0.25) is 0 Å². The molecule has 0 atom stereocenters. The molecule has 0 bridgehead atoms. The molecule has 0 heterocycles. The number of phenolic OH excluding ortho intramolecular Hbond substituents is 1. The van der Waals surface area contributed by atoms with E-state index in [1.165, 1.54) is 12.1 Å². The lowest BCUT2D eigenvalue weighted by Gasteiger charge is -2.13. The molecule has 21 heavy (non-hydrogen) atoms. The molecule has 0 saturated heterocycles. The SMILES string of the molecule is C=C(NNS(=O)(=O)c1ccccc1)c1cc(F)ccc1O. The second kappa shape index (κ2) is 5.94. The van der Waals surface area contributed by atoms with Crippen LogP contribution in [0.25, 0.3) is 5.70 Å². The number of sulfonamides is 1. The van der Waals surface area contributed by atoms with Gasteiger partial charge in [-0.15, -0.1) is 4.83 Å². The molecule has 0 amide bonds. The second-order valence-electron chi connectivity index (χ2n) is 4.18. The summed E-state index contributed by atoms with van der Waals surface area (Å²) < 4.78 is 37.1. The molecule has 0 spiro atoms. The van der Waals surface area contributed by atoms with Crippen LogP contribution >= 0.6 is 0 Å². The van der Waals surface area contributed by atoms with Crippen molar-refractivity contribution in [2.24, 2.45) is 0 Å². The Kier molecular flexibility index (Phi) is 4.25. The van der Waals surface area contributed by atoms with Gasteiger partial charge in [-0.05, 0) is 30.3 Å². The predicted octanol–water partition coefficient (Wildman–Crippen LogP) is 1.99. The molecular weight excluding hydrogens is 295 g/mol. The minimum absolute atomic E-state index is 0.0199. The Morgan fingerprint density at radius 3 is 2.48 bits per heavy atom. The lowest BCUT2D eigenvalue weighted by atomic mass is 10.1. The first kappa shape index (κ1) is 15.0. The highest BCUT2D eigenvalue weighted by Crippen LogP contribution is 2.22. The van der Waals surface area contributed by atoms with Crippen molar-refractivity contribution in [1.29, 1.82) is 0 Å². The van der Waals surface area contributed by atoms with Crippen molar-refractivity contribution in [3.8, 4) is 5.75 Å². The van der Waals surface area contributed by atoms with Gasteiger partial charge >= 0.3 is 0 Å². The molecule has 2 aromatic rings. The molecule has 0 saturated carbocycles. The van der Waals surface area contributed by atoms with Crippen molar-refractivity contribution in [2.75, 3.05) is 0 Å². The number of rotatable bonds is 5. The Morgan fingerprint density at radius 2 is 1.81 bits per heavy atom. The lowest BCUT2D eigenvalue weighted by molar-refractivity contribution is 0.470.